The lowest BCUT2D eigenvalue weighted by Crippen LogP contribution is -2.46. The Labute approximate surface area is 200 Å². The molecule has 2 aliphatic heterocycles. The summed E-state index contributed by atoms with van der Waals surface area (Å²) in [7, 11) is 0. The Morgan fingerprint density at radius 3 is 2.73 bits per heavy atom. The number of benzene rings is 1. The van der Waals surface area contributed by atoms with Crippen LogP contribution in [0.4, 0.5) is 0 Å². The van der Waals surface area contributed by atoms with E-state index >= 15 is 0 Å². The molecular formula is C22H32IN5OS. The lowest BCUT2D eigenvalue weighted by molar-refractivity contribution is 0.0195. The van der Waals surface area contributed by atoms with Crippen molar-refractivity contribution in [3.63, 3.8) is 0 Å². The van der Waals surface area contributed by atoms with Crippen molar-refractivity contribution in [1.29, 1.82) is 0 Å². The third-order valence-electron chi connectivity index (χ3n) is 5.65. The van der Waals surface area contributed by atoms with Crippen LogP contribution in [0.1, 0.15) is 23.9 Å². The summed E-state index contributed by atoms with van der Waals surface area (Å²) < 4.78 is 5.51. The molecule has 1 unspecified atom stereocenters. The van der Waals surface area contributed by atoms with Crippen molar-refractivity contribution in [2.75, 3.05) is 45.9 Å². The Hall–Kier alpha value is -1.23. The van der Waals surface area contributed by atoms with E-state index in [9.17, 15) is 0 Å². The zero-order chi connectivity index (χ0) is 20.1. The van der Waals surface area contributed by atoms with Crippen LogP contribution in [0.5, 0.6) is 0 Å². The van der Waals surface area contributed by atoms with Gasteiger partial charge in [0.2, 0.25) is 0 Å². The number of thiazole rings is 1. The van der Waals surface area contributed by atoms with E-state index in [2.05, 4.69) is 53.2 Å². The number of rotatable bonds is 5. The van der Waals surface area contributed by atoms with E-state index in [0.29, 0.717) is 12.6 Å². The minimum absolute atomic E-state index is 0. The van der Waals surface area contributed by atoms with Crippen molar-refractivity contribution in [3.8, 4) is 10.6 Å². The highest BCUT2D eigenvalue weighted by molar-refractivity contribution is 14.0. The SMILES string of the molecule is CCNC(=NCc1sc(-c2ccccc2)nc1C)N1CCC(N2CCOCC2)C1.I. The van der Waals surface area contributed by atoms with Crippen LogP contribution in [0, 0.1) is 6.92 Å². The maximum atomic E-state index is 5.51. The van der Waals surface area contributed by atoms with Crippen molar-refractivity contribution in [1.82, 2.24) is 20.1 Å². The molecule has 1 atom stereocenters. The molecule has 4 rings (SSSR count). The van der Waals surface area contributed by atoms with Crippen molar-refractivity contribution < 1.29 is 4.74 Å². The summed E-state index contributed by atoms with van der Waals surface area (Å²) in [4.78, 5) is 16.0. The van der Waals surface area contributed by atoms with Crippen LogP contribution >= 0.6 is 35.3 Å². The first-order valence-corrected chi connectivity index (χ1v) is 11.4. The van der Waals surface area contributed by atoms with Gasteiger partial charge < -0.3 is 15.0 Å². The zero-order valence-electron chi connectivity index (χ0n) is 17.8. The van der Waals surface area contributed by atoms with Gasteiger partial charge in [-0.2, -0.15) is 0 Å². The molecule has 8 heteroatoms. The van der Waals surface area contributed by atoms with Gasteiger partial charge >= 0.3 is 0 Å². The van der Waals surface area contributed by atoms with Crippen LogP contribution in [0.3, 0.4) is 0 Å². The molecule has 0 spiro atoms. The largest absolute Gasteiger partial charge is 0.379 e. The van der Waals surface area contributed by atoms with Gasteiger partial charge in [-0.15, -0.1) is 35.3 Å². The first kappa shape index (κ1) is 23.4. The highest BCUT2D eigenvalue weighted by atomic mass is 127. The first-order valence-electron chi connectivity index (χ1n) is 10.6. The minimum atomic E-state index is 0. The Bertz CT molecular complexity index is 822. The molecule has 2 aromatic rings. The third kappa shape index (κ3) is 5.72. The Kier molecular flexibility index (Phi) is 8.91. The van der Waals surface area contributed by atoms with E-state index in [4.69, 9.17) is 14.7 Å². The number of guanidine groups is 1. The van der Waals surface area contributed by atoms with Crippen LogP contribution < -0.4 is 5.32 Å². The first-order chi connectivity index (χ1) is 14.2. The summed E-state index contributed by atoms with van der Waals surface area (Å²) >= 11 is 1.75. The Morgan fingerprint density at radius 1 is 1.23 bits per heavy atom. The molecule has 2 aliphatic rings. The van der Waals surface area contributed by atoms with Crippen LogP contribution in [0.15, 0.2) is 35.3 Å². The Balaban J connectivity index is 0.00000256. The van der Waals surface area contributed by atoms with Crippen molar-refractivity contribution in [3.05, 3.63) is 40.9 Å². The molecule has 0 saturated carbocycles. The number of likely N-dealkylation sites (tertiary alicyclic amines) is 1. The number of hydrogen-bond acceptors (Lipinski definition) is 5. The quantitative estimate of drug-likeness (QED) is 0.356. The maximum Gasteiger partial charge on any atom is 0.194 e. The van der Waals surface area contributed by atoms with Crippen molar-refractivity contribution in [2.45, 2.75) is 32.9 Å². The van der Waals surface area contributed by atoms with Crippen LogP contribution in [-0.4, -0.2) is 72.7 Å². The summed E-state index contributed by atoms with van der Waals surface area (Å²) in [6.07, 6.45) is 1.20. The van der Waals surface area contributed by atoms with E-state index < -0.39 is 0 Å². The van der Waals surface area contributed by atoms with Crippen LogP contribution in [0.25, 0.3) is 10.6 Å². The number of aliphatic imine (C=N–C) groups is 1. The number of aromatic nitrogens is 1. The molecule has 1 N–H and O–H groups in total. The summed E-state index contributed by atoms with van der Waals surface area (Å²) in [6, 6.07) is 11.0. The molecule has 3 heterocycles. The zero-order valence-corrected chi connectivity index (χ0v) is 21.0. The summed E-state index contributed by atoms with van der Waals surface area (Å²) in [5, 5.41) is 4.57. The molecule has 0 aliphatic carbocycles. The standard InChI is InChI=1S/C22H31N5OS.HI/c1-3-23-22(27-10-9-19(16-27)26-11-13-28-14-12-26)24-15-20-17(2)25-21(29-20)18-7-5-4-6-8-18;/h4-8,19H,3,9-16H2,1-2H3,(H,23,24);1H. The number of hydrogen-bond donors (Lipinski definition) is 1. The highest BCUT2D eigenvalue weighted by Gasteiger charge is 2.30. The molecule has 0 amide bonds. The van der Waals surface area contributed by atoms with Crippen LogP contribution in [0.2, 0.25) is 0 Å². The van der Waals surface area contributed by atoms with Gasteiger partial charge in [-0.05, 0) is 20.3 Å². The van der Waals surface area contributed by atoms with E-state index in [1.165, 1.54) is 16.9 Å². The number of nitrogens with zero attached hydrogens (tertiary/aromatic N) is 4. The van der Waals surface area contributed by atoms with E-state index in [-0.39, 0.29) is 24.0 Å². The second-order valence-corrected chi connectivity index (χ2v) is 8.68. The molecule has 6 nitrogen and oxygen atoms in total. The second-order valence-electron chi connectivity index (χ2n) is 7.60. The fourth-order valence-electron chi connectivity index (χ4n) is 4.03. The van der Waals surface area contributed by atoms with Gasteiger partial charge in [0.1, 0.15) is 5.01 Å². The monoisotopic (exact) mass is 541 g/mol. The summed E-state index contributed by atoms with van der Waals surface area (Å²) in [5.74, 6) is 1.03. The molecule has 0 bridgehead atoms. The third-order valence-corrected chi connectivity index (χ3v) is 6.84. The van der Waals surface area contributed by atoms with E-state index in [1.807, 2.05) is 6.07 Å². The number of nitrogens with one attached hydrogen (secondary N) is 1. The van der Waals surface area contributed by atoms with E-state index in [0.717, 1.165) is 62.6 Å². The molecule has 2 fully saturated rings. The highest BCUT2D eigenvalue weighted by Crippen LogP contribution is 2.28. The van der Waals surface area contributed by atoms with Crippen LogP contribution in [-0.2, 0) is 11.3 Å². The normalized spacial score (nSPS) is 20.3. The molecule has 164 valence electrons. The molecule has 1 aromatic carbocycles. The van der Waals surface area contributed by atoms with Crippen molar-refractivity contribution >= 4 is 41.3 Å². The van der Waals surface area contributed by atoms with Gasteiger partial charge in [0.15, 0.2) is 5.96 Å². The molecular weight excluding hydrogens is 509 g/mol. The molecule has 1 aromatic heterocycles. The number of aryl methyl sites for hydroxylation is 1. The summed E-state index contributed by atoms with van der Waals surface area (Å²) in [5.41, 5.74) is 2.26. The minimum Gasteiger partial charge on any atom is -0.379 e. The summed E-state index contributed by atoms with van der Waals surface area (Å²) in [6.45, 7) is 11.7. The number of halogens is 1. The average molecular weight is 542 g/mol. The molecule has 2 saturated heterocycles. The molecule has 30 heavy (non-hydrogen) atoms. The van der Waals surface area contributed by atoms with Crippen molar-refractivity contribution in [2.24, 2.45) is 4.99 Å². The lowest BCUT2D eigenvalue weighted by Gasteiger charge is -2.32. The molecule has 0 radical (unpaired) electrons. The maximum absolute atomic E-state index is 5.51. The predicted molar refractivity (Wildman–Crippen MR) is 135 cm³/mol. The topological polar surface area (TPSA) is 53.0 Å². The second kappa shape index (κ2) is 11.4. The fraction of sp³-hybridized carbons (Fsp3) is 0.545. The van der Waals surface area contributed by atoms with Gasteiger partial charge in [-0.3, -0.25) is 4.90 Å². The van der Waals surface area contributed by atoms with E-state index in [1.54, 1.807) is 11.3 Å². The Morgan fingerprint density at radius 2 is 2.00 bits per heavy atom. The fourth-order valence-corrected chi connectivity index (χ4v) is 5.02. The van der Waals surface area contributed by atoms with Gasteiger partial charge in [-0.25, -0.2) is 9.98 Å². The number of ether oxygens (including phenoxy) is 1. The van der Waals surface area contributed by atoms with Gasteiger partial charge in [0.25, 0.3) is 0 Å². The predicted octanol–water partition coefficient (Wildman–Crippen LogP) is 3.61. The van der Waals surface area contributed by atoms with Gasteiger partial charge in [0.05, 0.1) is 25.5 Å². The smallest absolute Gasteiger partial charge is 0.194 e. The van der Waals surface area contributed by atoms with Gasteiger partial charge in [-0.1, -0.05) is 30.3 Å². The average Bonchev–Trinajstić information content (AvgIpc) is 3.40. The number of morpholine rings is 1. The van der Waals surface area contributed by atoms with Gasteiger partial charge in [0, 0.05) is 49.2 Å². The lowest BCUT2D eigenvalue weighted by atomic mass is 10.2.